The maximum atomic E-state index is 11.3. The highest BCUT2D eigenvalue weighted by atomic mass is 32.2. The largest absolute Gasteiger partial charge is 0.488 e. The number of thiophene rings is 1. The summed E-state index contributed by atoms with van der Waals surface area (Å²) in [6, 6.07) is 9.62. The summed E-state index contributed by atoms with van der Waals surface area (Å²) in [6.45, 7) is 0.292. The number of nitrogens with one attached hydrogen (secondary N) is 1. The van der Waals surface area contributed by atoms with E-state index in [1.165, 1.54) is 23.5 Å². The van der Waals surface area contributed by atoms with E-state index in [1.807, 2.05) is 0 Å². The molecule has 1 aromatic carbocycles. The highest BCUT2D eigenvalue weighted by Crippen LogP contribution is 2.20. The van der Waals surface area contributed by atoms with Gasteiger partial charge in [-0.1, -0.05) is 0 Å². The lowest BCUT2D eigenvalue weighted by molar-refractivity contribution is 0.0957. The standard InChI is InChI=1S/C13H14N2O4S2/c1-21(17,18)11-5-2-9(3-6-11)19-8-10-4-7-12(20-10)13(16)15-14/h2-7H,8,14H2,1H3,(H,15,16). The number of nitrogen functional groups attached to an aromatic ring is 1. The number of hydrogen-bond acceptors (Lipinski definition) is 6. The van der Waals surface area contributed by atoms with Gasteiger partial charge in [-0.2, -0.15) is 0 Å². The molecule has 0 bridgehead atoms. The van der Waals surface area contributed by atoms with Crippen molar-refractivity contribution in [3.05, 3.63) is 46.2 Å². The molecule has 2 aromatic rings. The molecular weight excluding hydrogens is 312 g/mol. The summed E-state index contributed by atoms with van der Waals surface area (Å²) < 4.78 is 28.2. The Morgan fingerprint density at radius 3 is 2.48 bits per heavy atom. The second-order valence-corrected chi connectivity index (χ2v) is 7.46. The molecule has 3 N–H and O–H groups in total. The van der Waals surface area contributed by atoms with Crippen molar-refractivity contribution in [1.82, 2.24) is 5.43 Å². The van der Waals surface area contributed by atoms with E-state index in [1.54, 1.807) is 24.3 Å². The maximum absolute atomic E-state index is 11.3. The Balaban J connectivity index is 2.00. The molecule has 0 atom stereocenters. The van der Waals surface area contributed by atoms with Gasteiger partial charge in [0.1, 0.15) is 12.4 Å². The van der Waals surface area contributed by atoms with Crippen LogP contribution in [-0.2, 0) is 16.4 Å². The highest BCUT2D eigenvalue weighted by molar-refractivity contribution is 7.90. The predicted molar refractivity (Wildman–Crippen MR) is 79.9 cm³/mol. The van der Waals surface area contributed by atoms with Crippen molar-refractivity contribution >= 4 is 27.1 Å². The molecule has 0 unspecified atom stereocenters. The number of benzene rings is 1. The summed E-state index contributed by atoms with van der Waals surface area (Å²) in [4.78, 5) is 12.9. The average molecular weight is 326 g/mol. The fourth-order valence-corrected chi connectivity index (χ4v) is 3.04. The summed E-state index contributed by atoms with van der Waals surface area (Å²) >= 11 is 1.28. The molecule has 0 saturated heterocycles. The van der Waals surface area contributed by atoms with Gasteiger partial charge in [-0.05, 0) is 36.4 Å². The van der Waals surface area contributed by atoms with E-state index < -0.39 is 9.84 Å². The number of amides is 1. The van der Waals surface area contributed by atoms with E-state index in [0.29, 0.717) is 17.2 Å². The van der Waals surface area contributed by atoms with Crippen molar-refractivity contribution in [2.75, 3.05) is 6.26 Å². The van der Waals surface area contributed by atoms with Crippen molar-refractivity contribution in [2.24, 2.45) is 5.84 Å². The third kappa shape index (κ3) is 4.03. The fourth-order valence-electron chi connectivity index (χ4n) is 1.59. The van der Waals surface area contributed by atoms with Crippen molar-refractivity contribution in [3.63, 3.8) is 0 Å². The smallest absolute Gasteiger partial charge is 0.275 e. The zero-order valence-corrected chi connectivity index (χ0v) is 12.8. The first-order valence-corrected chi connectivity index (χ1v) is 8.63. The third-order valence-electron chi connectivity index (χ3n) is 2.65. The number of carbonyl (C=O) groups excluding carboxylic acids is 1. The van der Waals surface area contributed by atoms with Crippen LogP contribution in [0.4, 0.5) is 0 Å². The Labute approximate surface area is 126 Å². The summed E-state index contributed by atoms with van der Waals surface area (Å²) in [7, 11) is -3.21. The third-order valence-corrected chi connectivity index (χ3v) is 4.84. The van der Waals surface area contributed by atoms with Gasteiger partial charge in [0.05, 0.1) is 9.77 Å². The lowest BCUT2D eigenvalue weighted by Crippen LogP contribution is -2.29. The van der Waals surface area contributed by atoms with Gasteiger partial charge in [0.25, 0.3) is 5.91 Å². The average Bonchev–Trinajstić information content (AvgIpc) is 2.92. The Bertz CT molecular complexity index is 736. The first kappa shape index (κ1) is 15.5. The van der Waals surface area contributed by atoms with Crippen LogP contribution in [0.15, 0.2) is 41.3 Å². The quantitative estimate of drug-likeness (QED) is 0.491. The van der Waals surface area contributed by atoms with Gasteiger partial charge in [0, 0.05) is 11.1 Å². The van der Waals surface area contributed by atoms with Crippen LogP contribution >= 0.6 is 11.3 Å². The number of nitrogens with two attached hydrogens (primary N) is 1. The molecule has 0 radical (unpaired) electrons. The van der Waals surface area contributed by atoms with Crippen LogP contribution in [-0.4, -0.2) is 20.6 Å². The molecule has 0 aliphatic carbocycles. The lowest BCUT2D eigenvalue weighted by Gasteiger charge is -2.05. The van der Waals surface area contributed by atoms with Gasteiger partial charge in [-0.3, -0.25) is 10.2 Å². The van der Waals surface area contributed by atoms with Crippen LogP contribution in [0.25, 0.3) is 0 Å². The molecule has 2 rings (SSSR count). The molecule has 0 aliphatic heterocycles. The van der Waals surface area contributed by atoms with Crippen LogP contribution in [0.1, 0.15) is 14.5 Å². The van der Waals surface area contributed by atoms with E-state index >= 15 is 0 Å². The minimum atomic E-state index is -3.21. The molecule has 6 nitrogen and oxygen atoms in total. The number of ether oxygens (including phenoxy) is 1. The predicted octanol–water partition coefficient (Wildman–Crippen LogP) is 1.33. The number of rotatable bonds is 5. The number of hydrazine groups is 1. The van der Waals surface area contributed by atoms with Gasteiger partial charge < -0.3 is 4.74 Å². The second-order valence-electron chi connectivity index (χ2n) is 4.27. The molecule has 21 heavy (non-hydrogen) atoms. The van der Waals surface area contributed by atoms with E-state index in [4.69, 9.17) is 10.6 Å². The highest BCUT2D eigenvalue weighted by Gasteiger charge is 2.09. The molecule has 1 heterocycles. The molecule has 8 heteroatoms. The van der Waals surface area contributed by atoms with Crippen LogP contribution in [0, 0.1) is 0 Å². The van der Waals surface area contributed by atoms with Gasteiger partial charge >= 0.3 is 0 Å². The van der Waals surface area contributed by atoms with Gasteiger partial charge in [0.2, 0.25) is 0 Å². The molecule has 0 saturated carbocycles. The molecular formula is C13H14N2O4S2. The van der Waals surface area contributed by atoms with Crippen LogP contribution in [0.3, 0.4) is 0 Å². The molecule has 0 spiro atoms. The van der Waals surface area contributed by atoms with Gasteiger partial charge in [-0.25, -0.2) is 14.3 Å². The molecule has 0 aliphatic rings. The monoisotopic (exact) mass is 326 g/mol. The first-order valence-electron chi connectivity index (χ1n) is 5.93. The Morgan fingerprint density at radius 1 is 1.24 bits per heavy atom. The van der Waals surface area contributed by atoms with Crippen molar-refractivity contribution < 1.29 is 17.9 Å². The number of sulfone groups is 1. The summed E-state index contributed by atoms with van der Waals surface area (Å²) in [6.07, 6.45) is 1.15. The first-order chi connectivity index (χ1) is 9.90. The van der Waals surface area contributed by atoms with Crippen molar-refractivity contribution in [2.45, 2.75) is 11.5 Å². The normalized spacial score (nSPS) is 11.1. The maximum Gasteiger partial charge on any atom is 0.275 e. The van der Waals surface area contributed by atoms with Crippen LogP contribution in [0.5, 0.6) is 5.75 Å². The Kier molecular flexibility index (Phi) is 4.61. The Hall–Kier alpha value is -1.90. The summed E-state index contributed by atoms with van der Waals surface area (Å²) in [5.74, 6) is 5.27. The topological polar surface area (TPSA) is 98.5 Å². The molecule has 0 fully saturated rings. The molecule has 1 aromatic heterocycles. The van der Waals surface area contributed by atoms with E-state index in [0.717, 1.165) is 11.1 Å². The molecule has 1 amide bonds. The zero-order valence-electron chi connectivity index (χ0n) is 11.2. The summed E-state index contributed by atoms with van der Waals surface area (Å²) in [5, 5.41) is 0. The number of hydrogen-bond donors (Lipinski definition) is 2. The van der Waals surface area contributed by atoms with Gasteiger partial charge in [-0.15, -0.1) is 11.3 Å². The van der Waals surface area contributed by atoms with E-state index in [9.17, 15) is 13.2 Å². The van der Waals surface area contributed by atoms with E-state index in [-0.39, 0.29) is 10.8 Å². The van der Waals surface area contributed by atoms with Crippen LogP contribution in [0.2, 0.25) is 0 Å². The van der Waals surface area contributed by atoms with E-state index in [2.05, 4.69) is 5.43 Å². The van der Waals surface area contributed by atoms with Gasteiger partial charge in [0.15, 0.2) is 9.84 Å². The van der Waals surface area contributed by atoms with Crippen LogP contribution < -0.4 is 16.0 Å². The summed E-state index contributed by atoms with van der Waals surface area (Å²) in [5.41, 5.74) is 2.06. The number of carbonyl (C=O) groups is 1. The fraction of sp³-hybridized carbons (Fsp3) is 0.154. The zero-order chi connectivity index (χ0) is 15.5. The second kappa shape index (κ2) is 6.25. The minimum Gasteiger partial charge on any atom is -0.488 e. The van der Waals surface area contributed by atoms with Crippen molar-refractivity contribution in [1.29, 1.82) is 0 Å². The lowest BCUT2D eigenvalue weighted by atomic mass is 10.3. The SMILES string of the molecule is CS(=O)(=O)c1ccc(OCc2ccc(C(=O)NN)s2)cc1. The van der Waals surface area contributed by atoms with Crippen molar-refractivity contribution in [3.8, 4) is 5.75 Å². The Morgan fingerprint density at radius 2 is 1.90 bits per heavy atom. The minimum absolute atomic E-state index is 0.243. The molecule has 112 valence electrons.